The third-order valence-electron chi connectivity index (χ3n) is 7.78. The van der Waals surface area contributed by atoms with Crippen LogP contribution in [0.15, 0.2) is 30.3 Å². The van der Waals surface area contributed by atoms with Gasteiger partial charge in [0.1, 0.15) is 24.9 Å². The Balaban J connectivity index is 1.76. The van der Waals surface area contributed by atoms with E-state index < -0.39 is 110 Å². The lowest BCUT2D eigenvalue weighted by atomic mass is 9.96. The lowest BCUT2D eigenvalue weighted by molar-refractivity contribution is -0.348. The van der Waals surface area contributed by atoms with Crippen molar-refractivity contribution in [2.75, 3.05) is 20.3 Å². The minimum Gasteiger partial charge on any atom is -0.465 e. The summed E-state index contributed by atoms with van der Waals surface area (Å²) in [5.74, 6) is -6.93. The molecule has 3 saturated heterocycles. The van der Waals surface area contributed by atoms with Gasteiger partial charge in [0.15, 0.2) is 43.1 Å². The minimum absolute atomic E-state index is 0.121. The maximum atomic E-state index is 12.7. The lowest BCUT2D eigenvalue weighted by Gasteiger charge is -2.47. The number of hydrogen-bond donors (Lipinski definition) is 0. The van der Waals surface area contributed by atoms with Crippen LogP contribution in [0, 0.1) is 0 Å². The summed E-state index contributed by atoms with van der Waals surface area (Å²) in [7, 11) is 1.13. The van der Waals surface area contributed by atoms with Gasteiger partial charge < -0.3 is 56.8 Å². The van der Waals surface area contributed by atoms with E-state index in [2.05, 4.69) is 0 Å². The van der Waals surface area contributed by atoms with Gasteiger partial charge in [-0.15, -0.1) is 0 Å². The van der Waals surface area contributed by atoms with Gasteiger partial charge in [0, 0.05) is 41.5 Å². The number of fused-ring (bicyclic) bond motifs is 1. The van der Waals surface area contributed by atoms with Crippen LogP contribution >= 0.6 is 0 Å². The summed E-state index contributed by atoms with van der Waals surface area (Å²) in [6.07, 6.45) is -14.2. The van der Waals surface area contributed by atoms with E-state index in [1.54, 1.807) is 0 Å². The predicted octanol–water partition coefficient (Wildman–Crippen LogP) is 0.633. The molecule has 0 spiro atoms. The van der Waals surface area contributed by atoms with E-state index in [-0.39, 0.29) is 13.2 Å². The molecule has 0 unspecified atom stereocenters. The summed E-state index contributed by atoms with van der Waals surface area (Å²) >= 11 is 0. The van der Waals surface area contributed by atoms with Crippen LogP contribution in [-0.4, -0.2) is 123 Å². The first kappa shape index (κ1) is 39.6. The molecule has 0 amide bonds. The number of carbonyl (C=O) groups excluding carboxylic acids is 6. The molecule has 4 rings (SSSR count). The van der Waals surface area contributed by atoms with Crippen LogP contribution in [0.2, 0.25) is 0 Å². The Morgan fingerprint density at radius 3 is 1.82 bits per heavy atom. The van der Waals surface area contributed by atoms with Crippen LogP contribution in [-0.2, 0) is 92.2 Å². The zero-order valence-corrected chi connectivity index (χ0v) is 29.1. The first-order valence-corrected chi connectivity index (χ1v) is 16.0. The smallest absolute Gasteiger partial charge is 0.366 e. The topological polar surface area (TPSA) is 213 Å². The Labute approximate surface area is 293 Å². The van der Waals surface area contributed by atoms with Crippen LogP contribution in [0.5, 0.6) is 0 Å². The molecule has 282 valence electrons. The Morgan fingerprint density at radius 1 is 0.667 bits per heavy atom. The molecule has 3 fully saturated rings. The summed E-state index contributed by atoms with van der Waals surface area (Å²) in [6.45, 7) is 6.17. The SMILES string of the molecule is COC(=O)[C@]1(C)O[C@H]2O[C@H](COCc3ccccc3)[C@@H](O[C@@H]3O[C@H](COC(C)=O)[C@H](OC(C)=O)[C@H](OC(C)=O)[C@H]3OC(C)=O)[C@H](OC(C)=O)[C@H]2O1. The molecular weight excluding hydrogens is 684 g/mol. The summed E-state index contributed by atoms with van der Waals surface area (Å²) in [4.78, 5) is 73.9. The van der Waals surface area contributed by atoms with Gasteiger partial charge in [-0.05, 0) is 5.56 Å². The lowest BCUT2D eigenvalue weighted by Crippen LogP contribution is -2.66. The molecule has 0 aromatic heterocycles. The quantitative estimate of drug-likeness (QED) is 0.201. The molecule has 3 aliphatic heterocycles. The third kappa shape index (κ3) is 10.2. The molecule has 1 aromatic rings. The van der Waals surface area contributed by atoms with Gasteiger partial charge in [0.25, 0.3) is 5.79 Å². The number of hydrogen-bond acceptors (Lipinski definition) is 18. The third-order valence-corrected chi connectivity index (χ3v) is 7.78. The highest BCUT2D eigenvalue weighted by Crippen LogP contribution is 2.41. The molecule has 11 atom stereocenters. The molecule has 0 saturated carbocycles. The number of carbonyl (C=O) groups is 6. The number of benzene rings is 1. The largest absolute Gasteiger partial charge is 0.465 e. The number of ether oxygens (including phenoxy) is 12. The second kappa shape index (κ2) is 17.3. The zero-order valence-electron chi connectivity index (χ0n) is 29.1. The standard InChI is InChI=1S/C33H42O18/c1-16(34)42-15-23-24(43-17(2)35)26(44-18(3)36)28(46-20(5)38)30(47-23)49-25-22(14-41-13-21-11-9-8-10-12-21)48-31-29(27(25)45-19(4)37)50-33(6,51-31)32(39)40-7/h8-12,22-31H,13-15H2,1-7H3/t22-,23-,24+,25-,26+,27+,28-,29-,30+,31-,33+/m1/s1. The summed E-state index contributed by atoms with van der Waals surface area (Å²) < 4.78 is 68.7. The Kier molecular flexibility index (Phi) is 13.5. The van der Waals surface area contributed by atoms with Crippen LogP contribution in [0.4, 0.5) is 0 Å². The van der Waals surface area contributed by atoms with Crippen LogP contribution in [0.3, 0.4) is 0 Å². The highest BCUT2D eigenvalue weighted by atomic mass is 16.9. The molecule has 3 aliphatic rings. The monoisotopic (exact) mass is 726 g/mol. The molecule has 0 N–H and O–H groups in total. The highest BCUT2D eigenvalue weighted by molar-refractivity contribution is 5.77. The fourth-order valence-corrected chi connectivity index (χ4v) is 5.83. The predicted molar refractivity (Wildman–Crippen MR) is 164 cm³/mol. The van der Waals surface area contributed by atoms with E-state index in [9.17, 15) is 28.8 Å². The average Bonchev–Trinajstić information content (AvgIpc) is 3.40. The van der Waals surface area contributed by atoms with E-state index in [1.807, 2.05) is 30.3 Å². The Bertz CT molecular complexity index is 1420. The molecule has 0 radical (unpaired) electrons. The van der Waals surface area contributed by atoms with Crippen LogP contribution in [0.25, 0.3) is 0 Å². The van der Waals surface area contributed by atoms with Gasteiger partial charge in [-0.25, -0.2) is 4.79 Å². The van der Waals surface area contributed by atoms with Crippen molar-refractivity contribution in [2.24, 2.45) is 0 Å². The fourth-order valence-electron chi connectivity index (χ4n) is 5.83. The van der Waals surface area contributed by atoms with Gasteiger partial charge in [-0.3, -0.25) is 24.0 Å². The molecule has 0 aliphatic carbocycles. The molecule has 1 aromatic carbocycles. The van der Waals surface area contributed by atoms with Gasteiger partial charge in [-0.1, -0.05) is 30.3 Å². The molecule has 51 heavy (non-hydrogen) atoms. The number of methoxy groups -OCH3 is 1. The molecular formula is C33H42O18. The maximum absolute atomic E-state index is 12.7. The van der Waals surface area contributed by atoms with Crippen molar-refractivity contribution in [3.05, 3.63) is 35.9 Å². The van der Waals surface area contributed by atoms with Gasteiger partial charge in [-0.2, -0.15) is 0 Å². The normalized spacial score (nSPS) is 32.8. The molecule has 0 bridgehead atoms. The second-order valence-corrected chi connectivity index (χ2v) is 11.9. The Hall–Kier alpha value is -4.20. The summed E-state index contributed by atoms with van der Waals surface area (Å²) in [5, 5.41) is 0. The van der Waals surface area contributed by atoms with Crippen molar-refractivity contribution in [3.63, 3.8) is 0 Å². The van der Waals surface area contributed by atoms with Crippen molar-refractivity contribution in [3.8, 4) is 0 Å². The number of rotatable bonds is 13. The van der Waals surface area contributed by atoms with Crippen LogP contribution in [0.1, 0.15) is 47.1 Å². The van der Waals surface area contributed by atoms with Crippen molar-refractivity contribution in [1.82, 2.24) is 0 Å². The summed E-state index contributed by atoms with van der Waals surface area (Å²) in [5.41, 5.74) is 0.818. The van der Waals surface area contributed by atoms with E-state index in [0.29, 0.717) is 0 Å². The first-order chi connectivity index (χ1) is 24.1. The minimum atomic E-state index is -1.98. The van der Waals surface area contributed by atoms with Crippen LogP contribution < -0.4 is 0 Å². The fraction of sp³-hybridized carbons (Fsp3) is 0.636. The van der Waals surface area contributed by atoms with E-state index in [4.69, 9.17) is 56.8 Å². The van der Waals surface area contributed by atoms with Gasteiger partial charge in [0.05, 0.1) is 20.3 Å². The van der Waals surface area contributed by atoms with Gasteiger partial charge in [0.2, 0.25) is 0 Å². The molecule has 3 heterocycles. The second-order valence-electron chi connectivity index (χ2n) is 11.9. The maximum Gasteiger partial charge on any atom is 0.366 e. The van der Waals surface area contributed by atoms with E-state index >= 15 is 0 Å². The number of esters is 6. The molecule has 18 nitrogen and oxygen atoms in total. The zero-order chi connectivity index (χ0) is 37.5. The summed E-state index contributed by atoms with van der Waals surface area (Å²) in [6, 6.07) is 9.15. The van der Waals surface area contributed by atoms with Crippen molar-refractivity contribution >= 4 is 35.8 Å². The highest BCUT2D eigenvalue weighted by Gasteiger charge is 2.62. The first-order valence-electron chi connectivity index (χ1n) is 16.0. The Morgan fingerprint density at radius 2 is 1.24 bits per heavy atom. The van der Waals surface area contributed by atoms with E-state index in [1.165, 1.54) is 6.92 Å². The van der Waals surface area contributed by atoms with Crippen molar-refractivity contribution in [2.45, 2.75) is 115 Å². The van der Waals surface area contributed by atoms with Gasteiger partial charge >= 0.3 is 35.8 Å². The average molecular weight is 727 g/mol. The van der Waals surface area contributed by atoms with E-state index in [0.717, 1.165) is 47.3 Å². The van der Waals surface area contributed by atoms with Crippen molar-refractivity contribution in [1.29, 1.82) is 0 Å². The van der Waals surface area contributed by atoms with Crippen molar-refractivity contribution < 1.29 is 85.6 Å². The molecule has 18 heteroatoms.